The van der Waals surface area contributed by atoms with Gasteiger partial charge in [0.25, 0.3) is 5.91 Å². The van der Waals surface area contributed by atoms with Crippen molar-refractivity contribution in [2.24, 2.45) is 10.7 Å². The van der Waals surface area contributed by atoms with E-state index < -0.39 is 11.7 Å². The van der Waals surface area contributed by atoms with E-state index in [4.69, 9.17) is 5.73 Å². The Morgan fingerprint density at radius 1 is 1.50 bits per heavy atom. The number of primary amides is 1. The predicted octanol–water partition coefficient (Wildman–Crippen LogP) is 2.98. The molecule has 0 saturated heterocycles. The molecule has 1 aromatic carbocycles. The Morgan fingerprint density at radius 2 is 2.21 bits per heavy atom. The summed E-state index contributed by atoms with van der Waals surface area (Å²) >= 11 is 0. The highest BCUT2D eigenvalue weighted by Crippen LogP contribution is 2.19. The van der Waals surface area contributed by atoms with E-state index in [0.29, 0.717) is 10.9 Å². The number of carbonyl (C=O) groups is 1. The fourth-order valence-corrected chi connectivity index (χ4v) is 1.99. The summed E-state index contributed by atoms with van der Waals surface area (Å²) in [6, 6.07) is 4.66. The molecular weight excluding hydrogens is 326 g/mol. The lowest BCUT2D eigenvalue weighted by Crippen LogP contribution is -2.11. The van der Waals surface area contributed by atoms with Crippen LogP contribution in [0.2, 0.25) is 0 Å². The van der Waals surface area contributed by atoms with Gasteiger partial charge in [-0.05, 0) is 25.2 Å². The number of nitrogens with one attached hydrogen (secondary N) is 1. The molecule has 1 atom stereocenters. The first-order valence-electron chi connectivity index (χ1n) is 7.07. The second-order valence-electron chi connectivity index (χ2n) is 4.66. The average Bonchev–Trinajstić information content (AvgIpc) is 3.03. The third kappa shape index (κ3) is 5.56. The second kappa shape index (κ2) is 9.53. The van der Waals surface area contributed by atoms with Gasteiger partial charge < -0.3 is 10.7 Å². The average molecular weight is 346 g/mol. The standard InChI is InChI=1S/C10H9FN3OP.C7H11N/c11-5-2-1-3-7(16)8(5)10-13-4-6(14-10)9(12)15;1-4-6-8-7(3)5-2/h1-4H,16H2,(H2,12,15)(H,13,14);4-6H,1H2,2-3H3/b;7-5-,8-6?. The highest BCUT2D eigenvalue weighted by atomic mass is 31.0. The van der Waals surface area contributed by atoms with Crippen molar-refractivity contribution in [3.05, 3.63) is 60.3 Å². The molecule has 0 bridgehead atoms. The number of nitrogens with zero attached hydrogens (tertiary/aromatic N) is 2. The number of aromatic nitrogens is 2. The van der Waals surface area contributed by atoms with Gasteiger partial charge in [-0.25, -0.2) is 9.37 Å². The van der Waals surface area contributed by atoms with Gasteiger partial charge in [0, 0.05) is 11.9 Å². The highest BCUT2D eigenvalue weighted by Gasteiger charge is 2.13. The topological polar surface area (TPSA) is 84.1 Å². The molecule has 0 spiro atoms. The summed E-state index contributed by atoms with van der Waals surface area (Å²) in [4.78, 5) is 21.4. The van der Waals surface area contributed by atoms with Gasteiger partial charge in [-0.3, -0.25) is 9.79 Å². The molecule has 1 aromatic heterocycles. The van der Waals surface area contributed by atoms with Crippen LogP contribution < -0.4 is 11.0 Å². The number of carbonyl (C=O) groups excluding carboxylic acids is 1. The number of imidazole rings is 1. The van der Waals surface area contributed by atoms with Crippen LogP contribution in [0.25, 0.3) is 11.4 Å². The van der Waals surface area contributed by atoms with E-state index in [9.17, 15) is 9.18 Å². The quantitative estimate of drug-likeness (QED) is 0.659. The molecule has 0 saturated carbocycles. The van der Waals surface area contributed by atoms with Gasteiger partial charge >= 0.3 is 0 Å². The van der Waals surface area contributed by atoms with Gasteiger partial charge in [0.2, 0.25) is 0 Å². The summed E-state index contributed by atoms with van der Waals surface area (Å²) in [5, 5.41) is 0.658. The van der Waals surface area contributed by atoms with Crippen LogP contribution in [0.15, 0.2) is 53.8 Å². The third-order valence-corrected chi connectivity index (χ3v) is 3.41. The molecule has 2 rings (SSSR count). The van der Waals surface area contributed by atoms with E-state index in [1.54, 1.807) is 24.4 Å². The first kappa shape index (κ1) is 19.5. The molecule has 1 unspecified atom stereocenters. The van der Waals surface area contributed by atoms with E-state index in [-0.39, 0.29) is 11.5 Å². The van der Waals surface area contributed by atoms with Crippen molar-refractivity contribution in [2.45, 2.75) is 13.8 Å². The van der Waals surface area contributed by atoms with Gasteiger partial charge in [-0.2, -0.15) is 0 Å². The number of hydrogen-bond donors (Lipinski definition) is 2. The summed E-state index contributed by atoms with van der Waals surface area (Å²) in [5.41, 5.74) is 6.57. The first-order chi connectivity index (χ1) is 11.4. The lowest BCUT2D eigenvalue weighted by atomic mass is 10.2. The maximum absolute atomic E-state index is 13.6. The molecular formula is C17H20FN4OP. The van der Waals surface area contributed by atoms with Gasteiger partial charge in [0.1, 0.15) is 17.3 Å². The van der Waals surface area contributed by atoms with E-state index >= 15 is 0 Å². The van der Waals surface area contributed by atoms with Crippen LogP contribution in [0.4, 0.5) is 4.39 Å². The van der Waals surface area contributed by atoms with Crippen LogP contribution in [-0.4, -0.2) is 22.1 Å². The van der Waals surface area contributed by atoms with E-state index in [2.05, 4.69) is 30.8 Å². The van der Waals surface area contributed by atoms with Crippen LogP contribution in [-0.2, 0) is 0 Å². The zero-order chi connectivity index (χ0) is 18.1. The first-order valence-corrected chi connectivity index (χ1v) is 7.65. The largest absolute Gasteiger partial charge is 0.364 e. The van der Waals surface area contributed by atoms with Crippen LogP contribution in [0.5, 0.6) is 0 Å². The van der Waals surface area contributed by atoms with Crippen molar-refractivity contribution in [3.63, 3.8) is 0 Å². The maximum Gasteiger partial charge on any atom is 0.266 e. The monoisotopic (exact) mass is 346 g/mol. The Kier molecular flexibility index (Phi) is 7.72. The smallest absolute Gasteiger partial charge is 0.266 e. The fourth-order valence-electron chi connectivity index (χ4n) is 1.61. The molecule has 0 aliphatic heterocycles. The van der Waals surface area contributed by atoms with Crippen molar-refractivity contribution < 1.29 is 9.18 Å². The SMILES string of the molecule is C=CC=N/C(C)=C\C.NC(=O)c1cnc(-c2c(F)cccc2P)[nH]1. The number of halogens is 1. The second-order valence-corrected chi connectivity index (χ2v) is 5.28. The van der Waals surface area contributed by atoms with E-state index in [1.807, 2.05) is 19.9 Å². The Bertz CT molecular complexity index is 760. The van der Waals surface area contributed by atoms with Crippen molar-refractivity contribution in [1.29, 1.82) is 0 Å². The minimum atomic E-state index is -0.625. The van der Waals surface area contributed by atoms with Crippen LogP contribution in [0.1, 0.15) is 24.3 Å². The molecule has 5 nitrogen and oxygen atoms in total. The molecule has 1 amide bonds. The van der Waals surface area contributed by atoms with Crippen LogP contribution in [0.3, 0.4) is 0 Å². The Labute approximate surface area is 142 Å². The lowest BCUT2D eigenvalue weighted by molar-refractivity contribution is 0.0996. The summed E-state index contributed by atoms with van der Waals surface area (Å²) < 4.78 is 13.6. The number of rotatable bonds is 4. The molecule has 24 heavy (non-hydrogen) atoms. The lowest BCUT2D eigenvalue weighted by Gasteiger charge is -2.02. The number of aromatic amines is 1. The molecule has 3 N–H and O–H groups in total. The molecule has 0 aliphatic rings. The highest BCUT2D eigenvalue weighted by molar-refractivity contribution is 7.27. The number of benzene rings is 1. The van der Waals surface area contributed by atoms with Crippen LogP contribution >= 0.6 is 9.24 Å². The third-order valence-electron chi connectivity index (χ3n) is 2.93. The fraction of sp³-hybridized carbons (Fsp3) is 0.118. The Balaban J connectivity index is 0.000000307. The number of H-pyrrole nitrogens is 1. The summed E-state index contributed by atoms with van der Waals surface area (Å²) in [6.07, 6.45) is 6.57. The molecule has 2 aromatic rings. The molecule has 1 heterocycles. The number of allylic oxidation sites excluding steroid dienone is 3. The van der Waals surface area contributed by atoms with E-state index in [1.165, 1.54) is 12.3 Å². The van der Waals surface area contributed by atoms with Gasteiger partial charge in [0.15, 0.2) is 0 Å². The minimum absolute atomic E-state index is 0.155. The molecule has 0 radical (unpaired) electrons. The predicted molar refractivity (Wildman–Crippen MR) is 100.0 cm³/mol. The number of nitrogens with two attached hydrogens (primary N) is 1. The number of hydrogen-bond acceptors (Lipinski definition) is 3. The zero-order valence-electron chi connectivity index (χ0n) is 13.6. The summed E-state index contributed by atoms with van der Waals surface area (Å²) in [5.74, 6) is -0.741. The number of aliphatic imine (C=N–C) groups is 1. The molecule has 0 fully saturated rings. The zero-order valence-corrected chi connectivity index (χ0v) is 14.7. The summed E-state index contributed by atoms with van der Waals surface area (Å²) in [7, 11) is 2.41. The summed E-state index contributed by atoms with van der Waals surface area (Å²) in [6.45, 7) is 7.39. The van der Waals surface area contributed by atoms with Gasteiger partial charge in [-0.1, -0.05) is 30.9 Å². The maximum atomic E-state index is 13.6. The number of amides is 1. The molecule has 0 aliphatic carbocycles. The van der Waals surface area contributed by atoms with Gasteiger partial charge in [-0.15, -0.1) is 9.24 Å². The van der Waals surface area contributed by atoms with Crippen molar-refractivity contribution in [2.75, 3.05) is 0 Å². The Morgan fingerprint density at radius 3 is 2.71 bits per heavy atom. The van der Waals surface area contributed by atoms with Gasteiger partial charge in [0.05, 0.1) is 11.8 Å². The Hall–Kier alpha value is -2.59. The minimum Gasteiger partial charge on any atom is -0.364 e. The van der Waals surface area contributed by atoms with Crippen molar-refractivity contribution in [3.8, 4) is 11.4 Å². The normalized spacial score (nSPS) is 11.1. The van der Waals surface area contributed by atoms with E-state index in [0.717, 1.165) is 5.70 Å². The van der Waals surface area contributed by atoms with Crippen molar-refractivity contribution >= 4 is 26.7 Å². The van der Waals surface area contributed by atoms with Crippen molar-refractivity contribution in [1.82, 2.24) is 9.97 Å². The van der Waals surface area contributed by atoms with Crippen LogP contribution in [0, 0.1) is 5.82 Å². The molecule has 7 heteroatoms. The molecule has 126 valence electrons.